The molecule has 1 amide bonds. The maximum atomic E-state index is 13.4. The summed E-state index contributed by atoms with van der Waals surface area (Å²) in [5, 5.41) is 0. The third-order valence-electron chi connectivity index (χ3n) is 4.17. The Morgan fingerprint density at radius 2 is 1.88 bits per heavy atom. The minimum absolute atomic E-state index is 0.0408. The fourth-order valence-electron chi connectivity index (χ4n) is 2.97. The molecule has 1 fully saturated rings. The zero-order valence-corrected chi connectivity index (χ0v) is 13.9. The average Bonchev–Trinajstić information content (AvgIpc) is 2.93. The van der Waals surface area contributed by atoms with Gasteiger partial charge in [-0.2, -0.15) is 0 Å². The van der Waals surface area contributed by atoms with Crippen molar-refractivity contribution in [3.63, 3.8) is 0 Å². The molecule has 1 unspecified atom stereocenters. The summed E-state index contributed by atoms with van der Waals surface area (Å²) in [5.74, 6) is -0.569. The molecule has 0 bridgehead atoms. The molecule has 4 nitrogen and oxygen atoms in total. The van der Waals surface area contributed by atoms with Gasteiger partial charge in [0, 0.05) is 18.2 Å². The first-order valence-corrected chi connectivity index (χ1v) is 9.58. The predicted molar refractivity (Wildman–Crippen MR) is 89.8 cm³/mol. The van der Waals surface area contributed by atoms with Gasteiger partial charge in [0.1, 0.15) is 5.82 Å². The van der Waals surface area contributed by atoms with Crippen molar-refractivity contribution < 1.29 is 17.6 Å². The lowest BCUT2D eigenvalue weighted by atomic mass is 10.1. The second-order valence-corrected chi connectivity index (χ2v) is 8.21. The number of sulfone groups is 1. The van der Waals surface area contributed by atoms with E-state index in [0.717, 1.165) is 0 Å². The van der Waals surface area contributed by atoms with Crippen LogP contribution in [0.25, 0.3) is 0 Å². The van der Waals surface area contributed by atoms with E-state index in [4.69, 9.17) is 0 Å². The fourth-order valence-corrected chi connectivity index (χ4v) is 4.70. The summed E-state index contributed by atoms with van der Waals surface area (Å²) in [5.41, 5.74) is 1.14. The lowest BCUT2D eigenvalue weighted by molar-refractivity contribution is 0.0680. The number of hydrogen-bond acceptors (Lipinski definition) is 3. The van der Waals surface area contributed by atoms with Crippen molar-refractivity contribution >= 4 is 15.7 Å². The molecule has 2 aromatic carbocycles. The van der Waals surface area contributed by atoms with Gasteiger partial charge in [-0.25, -0.2) is 12.8 Å². The Labute approximate surface area is 140 Å². The molecule has 3 rings (SSSR count). The molecule has 2 aromatic rings. The van der Waals surface area contributed by atoms with E-state index in [9.17, 15) is 17.6 Å². The van der Waals surface area contributed by atoms with Gasteiger partial charge in [0.2, 0.25) is 0 Å². The molecule has 0 spiro atoms. The number of nitrogens with zero attached hydrogens (tertiary/aromatic N) is 1. The predicted octanol–water partition coefficient (Wildman–Crippen LogP) is 2.66. The molecule has 1 heterocycles. The van der Waals surface area contributed by atoms with Gasteiger partial charge in [-0.3, -0.25) is 4.79 Å². The Morgan fingerprint density at radius 3 is 2.50 bits per heavy atom. The van der Waals surface area contributed by atoms with Gasteiger partial charge in [-0.1, -0.05) is 30.3 Å². The van der Waals surface area contributed by atoms with Crippen molar-refractivity contribution in [2.24, 2.45) is 0 Å². The first-order chi connectivity index (χ1) is 11.4. The summed E-state index contributed by atoms with van der Waals surface area (Å²) >= 11 is 0. The highest BCUT2D eigenvalue weighted by Crippen LogP contribution is 2.22. The topological polar surface area (TPSA) is 54.5 Å². The van der Waals surface area contributed by atoms with Crippen LogP contribution in [0.15, 0.2) is 54.6 Å². The van der Waals surface area contributed by atoms with Gasteiger partial charge in [-0.05, 0) is 36.2 Å². The van der Waals surface area contributed by atoms with Crippen molar-refractivity contribution in [3.8, 4) is 0 Å². The largest absolute Gasteiger partial charge is 0.330 e. The molecule has 0 N–H and O–H groups in total. The van der Waals surface area contributed by atoms with Gasteiger partial charge in [0.25, 0.3) is 5.91 Å². The van der Waals surface area contributed by atoms with E-state index in [2.05, 4.69) is 0 Å². The van der Waals surface area contributed by atoms with Gasteiger partial charge in [0.15, 0.2) is 9.84 Å². The molecule has 0 saturated carbocycles. The molecule has 24 heavy (non-hydrogen) atoms. The fraction of sp³-hybridized carbons (Fsp3) is 0.278. The third kappa shape index (κ3) is 3.82. The maximum Gasteiger partial charge on any atom is 0.254 e. The maximum absolute atomic E-state index is 13.4. The summed E-state index contributed by atoms with van der Waals surface area (Å²) in [4.78, 5) is 14.4. The van der Waals surface area contributed by atoms with E-state index >= 15 is 0 Å². The van der Waals surface area contributed by atoms with E-state index in [1.165, 1.54) is 12.1 Å². The Morgan fingerprint density at radius 1 is 1.12 bits per heavy atom. The van der Waals surface area contributed by atoms with Crippen LogP contribution in [0.5, 0.6) is 0 Å². The number of halogens is 1. The summed E-state index contributed by atoms with van der Waals surface area (Å²) in [6, 6.07) is 14.4. The Hall–Kier alpha value is -2.21. The number of rotatable bonds is 4. The zero-order valence-electron chi connectivity index (χ0n) is 13.1. The average molecular weight is 347 g/mol. The van der Waals surface area contributed by atoms with E-state index in [0.29, 0.717) is 17.5 Å². The number of carbonyl (C=O) groups excluding carboxylic acids is 1. The number of amides is 1. The molecule has 1 aliphatic rings. The molecule has 1 saturated heterocycles. The van der Waals surface area contributed by atoms with Crippen LogP contribution in [0.2, 0.25) is 0 Å². The smallest absolute Gasteiger partial charge is 0.254 e. The van der Waals surface area contributed by atoms with Crippen LogP contribution in [0.1, 0.15) is 22.3 Å². The molecule has 126 valence electrons. The van der Waals surface area contributed by atoms with Crippen LogP contribution >= 0.6 is 0 Å². The van der Waals surface area contributed by atoms with E-state index in [1.807, 2.05) is 6.07 Å². The van der Waals surface area contributed by atoms with E-state index < -0.39 is 9.84 Å². The number of hydrogen-bond donors (Lipinski definition) is 0. The number of carbonyl (C=O) groups is 1. The van der Waals surface area contributed by atoms with E-state index in [-0.39, 0.29) is 35.8 Å². The highest BCUT2D eigenvalue weighted by molar-refractivity contribution is 7.91. The van der Waals surface area contributed by atoms with Gasteiger partial charge in [-0.15, -0.1) is 0 Å². The molecule has 1 aliphatic heterocycles. The molecular formula is C18H18FNO3S. The summed E-state index contributed by atoms with van der Waals surface area (Å²) in [7, 11) is -3.12. The second kappa shape index (κ2) is 6.73. The van der Waals surface area contributed by atoms with Crippen LogP contribution < -0.4 is 0 Å². The summed E-state index contributed by atoms with van der Waals surface area (Å²) in [6.07, 6.45) is 0.413. The summed E-state index contributed by atoms with van der Waals surface area (Å²) in [6.45, 7) is 0.186. The lowest BCUT2D eigenvalue weighted by Crippen LogP contribution is -2.40. The molecule has 0 radical (unpaired) electrons. The van der Waals surface area contributed by atoms with Crippen molar-refractivity contribution in [1.82, 2.24) is 4.90 Å². The van der Waals surface area contributed by atoms with Crippen molar-refractivity contribution in [2.75, 3.05) is 11.5 Å². The monoisotopic (exact) mass is 347 g/mol. The molecule has 0 aliphatic carbocycles. The standard InChI is InChI=1S/C18H18FNO3S/c19-16-8-4-5-14(11-16)12-20(17-9-10-24(22,23)13-17)18(21)15-6-2-1-3-7-15/h1-8,11,17H,9-10,12-13H2. The van der Waals surface area contributed by atoms with Crippen LogP contribution in [-0.4, -0.2) is 36.8 Å². The van der Waals surface area contributed by atoms with Crippen LogP contribution in [-0.2, 0) is 16.4 Å². The highest BCUT2D eigenvalue weighted by Gasteiger charge is 2.35. The van der Waals surface area contributed by atoms with Crippen molar-refractivity contribution in [1.29, 1.82) is 0 Å². The van der Waals surface area contributed by atoms with Crippen molar-refractivity contribution in [2.45, 2.75) is 19.0 Å². The normalized spacial score (nSPS) is 19.1. The Balaban J connectivity index is 1.90. The first-order valence-electron chi connectivity index (χ1n) is 7.75. The lowest BCUT2D eigenvalue weighted by Gasteiger charge is -2.28. The van der Waals surface area contributed by atoms with Crippen LogP contribution in [0.3, 0.4) is 0 Å². The third-order valence-corrected chi connectivity index (χ3v) is 5.92. The van der Waals surface area contributed by atoms with Gasteiger partial charge < -0.3 is 4.90 Å². The molecule has 6 heteroatoms. The molecular weight excluding hydrogens is 329 g/mol. The van der Waals surface area contributed by atoms with Crippen LogP contribution in [0, 0.1) is 5.82 Å². The molecule has 1 atom stereocenters. The highest BCUT2D eigenvalue weighted by atomic mass is 32.2. The van der Waals surface area contributed by atoms with Crippen molar-refractivity contribution in [3.05, 3.63) is 71.5 Å². The zero-order chi connectivity index (χ0) is 17.2. The second-order valence-electron chi connectivity index (χ2n) is 5.99. The SMILES string of the molecule is O=C(c1ccccc1)N(Cc1cccc(F)c1)C1CCS(=O)(=O)C1. The minimum atomic E-state index is -3.12. The van der Waals surface area contributed by atoms with Gasteiger partial charge in [0.05, 0.1) is 11.5 Å². The van der Waals surface area contributed by atoms with E-state index in [1.54, 1.807) is 41.3 Å². The molecule has 0 aromatic heterocycles. The summed E-state index contributed by atoms with van der Waals surface area (Å²) < 4.78 is 37.1. The van der Waals surface area contributed by atoms with Crippen LogP contribution in [0.4, 0.5) is 4.39 Å². The quantitative estimate of drug-likeness (QED) is 0.854. The minimum Gasteiger partial charge on any atom is -0.330 e. The number of benzene rings is 2. The van der Waals surface area contributed by atoms with Gasteiger partial charge >= 0.3 is 0 Å². The first kappa shape index (κ1) is 16.6. The Kier molecular flexibility index (Phi) is 4.66. The Bertz CT molecular complexity index is 836.